The molecule has 134 valence electrons. The van der Waals surface area contributed by atoms with Crippen molar-refractivity contribution < 1.29 is 4.79 Å². The van der Waals surface area contributed by atoms with Crippen molar-refractivity contribution in [2.75, 3.05) is 26.2 Å². The highest BCUT2D eigenvalue weighted by atomic mass is 16.2. The van der Waals surface area contributed by atoms with E-state index in [0.717, 1.165) is 57.0 Å². The highest BCUT2D eigenvalue weighted by Gasteiger charge is 2.22. The molecular formula is C18H26N6O. The predicted molar refractivity (Wildman–Crippen MR) is 95.2 cm³/mol. The van der Waals surface area contributed by atoms with Gasteiger partial charge in [0.2, 0.25) is 5.91 Å². The lowest BCUT2D eigenvalue weighted by Crippen LogP contribution is -2.48. The van der Waals surface area contributed by atoms with E-state index in [0.29, 0.717) is 18.9 Å². The van der Waals surface area contributed by atoms with E-state index in [1.807, 2.05) is 35.2 Å². The number of unbranched alkanes of at least 4 members (excludes halogenated alkanes) is 2. The molecule has 1 aromatic carbocycles. The number of benzene rings is 1. The Hall–Kier alpha value is -2.28. The quantitative estimate of drug-likeness (QED) is 0.719. The molecular weight excluding hydrogens is 316 g/mol. The van der Waals surface area contributed by atoms with Crippen molar-refractivity contribution in [3.63, 3.8) is 0 Å². The normalized spacial score (nSPS) is 15.5. The molecule has 0 bridgehead atoms. The molecule has 0 N–H and O–H groups in total. The first kappa shape index (κ1) is 17.5. The summed E-state index contributed by atoms with van der Waals surface area (Å²) in [5.74, 6) is 1.12. The highest BCUT2D eigenvalue weighted by Crippen LogP contribution is 2.12. The molecule has 3 rings (SSSR count). The van der Waals surface area contributed by atoms with E-state index < -0.39 is 0 Å². The van der Waals surface area contributed by atoms with E-state index in [2.05, 4.69) is 27.3 Å². The predicted octanol–water partition coefficient (Wildman–Crippen LogP) is 1.89. The standard InChI is InChI=1S/C18H26N6O/c1-2-3-5-10-18(25)23-13-11-22(12-14-23)15-17-19-20-21-24(17)16-8-6-4-7-9-16/h4,6-9H,2-3,5,10-15H2,1H3. The number of carbonyl (C=O) groups is 1. The first-order valence-corrected chi connectivity index (χ1v) is 9.10. The van der Waals surface area contributed by atoms with Crippen molar-refractivity contribution in [1.29, 1.82) is 0 Å². The van der Waals surface area contributed by atoms with Crippen LogP contribution in [-0.4, -0.2) is 62.1 Å². The van der Waals surface area contributed by atoms with Crippen LogP contribution >= 0.6 is 0 Å². The number of amides is 1. The fourth-order valence-corrected chi connectivity index (χ4v) is 3.11. The van der Waals surface area contributed by atoms with E-state index in [-0.39, 0.29) is 0 Å². The van der Waals surface area contributed by atoms with Crippen LogP contribution in [0.15, 0.2) is 30.3 Å². The molecule has 1 fully saturated rings. The number of aromatic nitrogens is 4. The van der Waals surface area contributed by atoms with Crippen LogP contribution in [0.4, 0.5) is 0 Å². The van der Waals surface area contributed by atoms with Crippen LogP contribution in [0.1, 0.15) is 38.4 Å². The second-order valence-corrected chi connectivity index (χ2v) is 6.46. The summed E-state index contributed by atoms with van der Waals surface area (Å²) in [7, 11) is 0. The molecule has 0 unspecified atom stereocenters. The largest absolute Gasteiger partial charge is 0.340 e. The number of nitrogens with zero attached hydrogens (tertiary/aromatic N) is 6. The number of hydrogen-bond donors (Lipinski definition) is 0. The Morgan fingerprint density at radius 2 is 1.84 bits per heavy atom. The zero-order valence-electron chi connectivity index (χ0n) is 14.8. The van der Waals surface area contributed by atoms with Gasteiger partial charge in [0.25, 0.3) is 0 Å². The third-order valence-electron chi connectivity index (χ3n) is 4.62. The lowest BCUT2D eigenvalue weighted by Gasteiger charge is -2.34. The van der Waals surface area contributed by atoms with Crippen molar-refractivity contribution in [3.8, 4) is 5.69 Å². The van der Waals surface area contributed by atoms with Gasteiger partial charge >= 0.3 is 0 Å². The number of tetrazole rings is 1. The summed E-state index contributed by atoms with van der Waals surface area (Å²) in [4.78, 5) is 16.5. The molecule has 0 spiro atoms. The Kier molecular flexibility index (Phi) is 6.11. The van der Waals surface area contributed by atoms with Crippen LogP contribution in [0.25, 0.3) is 5.69 Å². The third kappa shape index (κ3) is 4.63. The van der Waals surface area contributed by atoms with Crippen LogP contribution in [0.2, 0.25) is 0 Å². The summed E-state index contributed by atoms with van der Waals surface area (Å²) in [6, 6.07) is 9.91. The van der Waals surface area contributed by atoms with Crippen LogP contribution in [0.3, 0.4) is 0 Å². The number of para-hydroxylation sites is 1. The summed E-state index contributed by atoms with van der Waals surface area (Å²) >= 11 is 0. The van der Waals surface area contributed by atoms with Gasteiger partial charge in [0.15, 0.2) is 5.82 Å². The van der Waals surface area contributed by atoms with Crippen molar-refractivity contribution in [2.24, 2.45) is 0 Å². The second kappa shape index (κ2) is 8.71. The van der Waals surface area contributed by atoms with Gasteiger partial charge in [0.1, 0.15) is 0 Å². The number of rotatable bonds is 7. The molecule has 1 amide bonds. The topological polar surface area (TPSA) is 67.2 Å². The summed E-state index contributed by atoms with van der Waals surface area (Å²) in [6.45, 7) is 6.16. The molecule has 1 aliphatic heterocycles. The zero-order valence-corrected chi connectivity index (χ0v) is 14.8. The Bertz CT molecular complexity index is 663. The summed E-state index contributed by atoms with van der Waals surface area (Å²) in [5.41, 5.74) is 0.965. The number of hydrogen-bond acceptors (Lipinski definition) is 5. The van der Waals surface area contributed by atoms with Gasteiger partial charge in [0, 0.05) is 32.6 Å². The van der Waals surface area contributed by atoms with Crippen LogP contribution in [-0.2, 0) is 11.3 Å². The van der Waals surface area contributed by atoms with Gasteiger partial charge in [-0.05, 0) is 29.0 Å². The molecule has 0 radical (unpaired) electrons. The minimum absolute atomic E-state index is 0.294. The SMILES string of the molecule is CCCCCC(=O)N1CCN(Cc2nnnn2-c2ccccc2)CC1. The average molecular weight is 342 g/mol. The molecule has 25 heavy (non-hydrogen) atoms. The fraction of sp³-hybridized carbons (Fsp3) is 0.556. The average Bonchev–Trinajstić information content (AvgIpc) is 3.11. The lowest BCUT2D eigenvalue weighted by atomic mass is 10.2. The van der Waals surface area contributed by atoms with Crippen molar-refractivity contribution in [2.45, 2.75) is 39.2 Å². The summed E-state index contributed by atoms with van der Waals surface area (Å²) < 4.78 is 1.78. The number of piperazine rings is 1. The second-order valence-electron chi connectivity index (χ2n) is 6.46. The molecule has 1 aromatic heterocycles. The molecule has 0 saturated carbocycles. The van der Waals surface area contributed by atoms with Gasteiger partial charge in [-0.15, -0.1) is 5.10 Å². The Labute approximate surface area is 148 Å². The maximum atomic E-state index is 12.2. The minimum atomic E-state index is 0.294. The van der Waals surface area contributed by atoms with Gasteiger partial charge in [-0.3, -0.25) is 9.69 Å². The Balaban J connectivity index is 1.52. The Morgan fingerprint density at radius 1 is 1.08 bits per heavy atom. The lowest BCUT2D eigenvalue weighted by molar-refractivity contribution is -0.133. The molecule has 1 saturated heterocycles. The van der Waals surface area contributed by atoms with Gasteiger partial charge in [0.05, 0.1) is 12.2 Å². The van der Waals surface area contributed by atoms with Crippen LogP contribution < -0.4 is 0 Å². The summed E-state index contributed by atoms with van der Waals surface area (Å²) in [5, 5.41) is 12.1. The molecule has 0 atom stereocenters. The molecule has 2 aromatic rings. The van der Waals surface area contributed by atoms with E-state index in [9.17, 15) is 4.79 Å². The van der Waals surface area contributed by atoms with Crippen molar-refractivity contribution in [1.82, 2.24) is 30.0 Å². The maximum Gasteiger partial charge on any atom is 0.222 e. The first-order valence-electron chi connectivity index (χ1n) is 9.10. The van der Waals surface area contributed by atoms with Gasteiger partial charge < -0.3 is 4.90 Å². The van der Waals surface area contributed by atoms with E-state index >= 15 is 0 Å². The molecule has 2 heterocycles. The zero-order chi connectivity index (χ0) is 17.5. The highest BCUT2D eigenvalue weighted by molar-refractivity contribution is 5.76. The molecule has 7 heteroatoms. The van der Waals surface area contributed by atoms with E-state index in [1.54, 1.807) is 4.68 Å². The number of carbonyl (C=O) groups excluding carboxylic acids is 1. The monoisotopic (exact) mass is 342 g/mol. The minimum Gasteiger partial charge on any atom is -0.340 e. The van der Waals surface area contributed by atoms with Crippen molar-refractivity contribution in [3.05, 3.63) is 36.2 Å². The van der Waals surface area contributed by atoms with Gasteiger partial charge in [-0.1, -0.05) is 38.0 Å². The van der Waals surface area contributed by atoms with Gasteiger partial charge in [-0.25, -0.2) is 0 Å². The van der Waals surface area contributed by atoms with Gasteiger partial charge in [-0.2, -0.15) is 4.68 Å². The van der Waals surface area contributed by atoms with Crippen LogP contribution in [0, 0.1) is 0 Å². The molecule has 0 aliphatic carbocycles. The van der Waals surface area contributed by atoms with E-state index in [4.69, 9.17) is 0 Å². The fourth-order valence-electron chi connectivity index (χ4n) is 3.11. The summed E-state index contributed by atoms with van der Waals surface area (Å²) in [6.07, 6.45) is 3.96. The van der Waals surface area contributed by atoms with Crippen molar-refractivity contribution >= 4 is 5.91 Å². The third-order valence-corrected chi connectivity index (χ3v) is 4.62. The molecule has 7 nitrogen and oxygen atoms in total. The Morgan fingerprint density at radius 3 is 2.56 bits per heavy atom. The first-order chi connectivity index (χ1) is 12.3. The van der Waals surface area contributed by atoms with Crippen LogP contribution in [0.5, 0.6) is 0 Å². The smallest absolute Gasteiger partial charge is 0.222 e. The molecule has 1 aliphatic rings. The van der Waals surface area contributed by atoms with E-state index in [1.165, 1.54) is 0 Å². The maximum absolute atomic E-state index is 12.2.